The largest absolute Gasteiger partial charge is 0.522 e. The Hall–Kier alpha value is -0.530. The van der Waals surface area contributed by atoms with Gasteiger partial charge in [0.2, 0.25) is 5.91 Å². The van der Waals surface area contributed by atoms with Crippen molar-refractivity contribution in [2.75, 3.05) is 19.7 Å². The van der Waals surface area contributed by atoms with Gasteiger partial charge in [0.15, 0.2) is 0 Å². The van der Waals surface area contributed by atoms with Crippen molar-refractivity contribution in [3.63, 3.8) is 0 Å². The molecule has 1 rings (SSSR count). The predicted molar refractivity (Wildman–Crippen MR) is 62.5 cm³/mol. The minimum Gasteiger partial charge on any atom is -0.355 e. The van der Waals surface area contributed by atoms with Gasteiger partial charge in [-0.2, -0.15) is 0 Å². The highest BCUT2D eigenvalue weighted by Gasteiger charge is 2.28. The van der Waals surface area contributed by atoms with Gasteiger partial charge in [-0.15, -0.1) is 25.6 Å². The lowest BCUT2D eigenvalue weighted by molar-refractivity contribution is -0.324. The molecule has 1 amide bonds. The Bertz CT molecular complexity index is 246. The molecule has 0 radical (unpaired) electrons. The van der Waals surface area contributed by atoms with E-state index in [4.69, 9.17) is 0 Å². The van der Waals surface area contributed by atoms with Crippen LogP contribution in [0.3, 0.4) is 0 Å². The molecule has 1 aliphatic heterocycles. The molecule has 8 heteroatoms. The molecule has 0 spiro atoms. The van der Waals surface area contributed by atoms with Gasteiger partial charge < -0.3 is 10.6 Å². The molecular weight excluding hydrogens is 273 g/mol. The molecule has 0 aliphatic carbocycles. The number of amides is 1. The van der Waals surface area contributed by atoms with Gasteiger partial charge in [0.05, 0.1) is 12.6 Å². The van der Waals surface area contributed by atoms with Crippen LogP contribution in [-0.2, 0) is 9.53 Å². The molecule has 0 aromatic heterocycles. The summed E-state index contributed by atoms with van der Waals surface area (Å²) in [7, 11) is 0. The fourth-order valence-electron chi connectivity index (χ4n) is 1.67. The number of ether oxygens (including phenoxy) is 1. The van der Waals surface area contributed by atoms with Crippen molar-refractivity contribution in [2.45, 2.75) is 38.1 Å². The molecule has 1 fully saturated rings. The van der Waals surface area contributed by atoms with Crippen LogP contribution in [-0.4, -0.2) is 38.0 Å². The normalized spacial score (nSPS) is 20.1. The Morgan fingerprint density at radius 3 is 2.67 bits per heavy atom. The maximum absolute atomic E-state index is 11.6. The molecule has 18 heavy (non-hydrogen) atoms. The summed E-state index contributed by atoms with van der Waals surface area (Å²) < 4.78 is 38.4. The number of nitrogens with one attached hydrogen (secondary N) is 2. The molecule has 1 atom stereocenters. The first-order valence-corrected chi connectivity index (χ1v) is 5.71. The second-order valence-corrected chi connectivity index (χ2v) is 3.94. The summed E-state index contributed by atoms with van der Waals surface area (Å²) in [5.41, 5.74) is 0. The molecule has 0 aromatic rings. The van der Waals surface area contributed by atoms with Crippen LogP contribution in [0.5, 0.6) is 0 Å². The van der Waals surface area contributed by atoms with Gasteiger partial charge in [-0.3, -0.25) is 9.53 Å². The average Bonchev–Trinajstić information content (AvgIpc) is 2.28. The van der Waals surface area contributed by atoms with Crippen LogP contribution in [0.1, 0.15) is 25.7 Å². The highest BCUT2D eigenvalue weighted by atomic mass is 35.5. The molecule has 0 bridgehead atoms. The van der Waals surface area contributed by atoms with Gasteiger partial charge in [-0.1, -0.05) is 6.42 Å². The van der Waals surface area contributed by atoms with Gasteiger partial charge >= 0.3 is 6.36 Å². The van der Waals surface area contributed by atoms with Crippen molar-refractivity contribution in [1.29, 1.82) is 0 Å². The van der Waals surface area contributed by atoms with Crippen LogP contribution in [0.15, 0.2) is 0 Å². The number of rotatable bonds is 5. The summed E-state index contributed by atoms with van der Waals surface area (Å²) in [6.45, 7) is 0.588. The van der Waals surface area contributed by atoms with Crippen LogP contribution < -0.4 is 10.6 Å². The van der Waals surface area contributed by atoms with Crippen LogP contribution >= 0.6 is 12.4 Å². The molecule has 1 aliphatic rings. The Kier molecular flexibility index (Phi) is 8.30. The van der Waals surface area contributed by atoms with E-state index < -0.39 is 13.0 Å². The monoisotopic (exact) mass is 290 g/mol. The van der Waals surface area contributed by atoms with E-state index >= 15 is 0 Å². The third-order valence-corrected chi connectivity index (χ3v) is 2.51. The fraction of sp³-hybridized carbons (Fsp3) is 0.900. The van der Waals surface area contributed by atoms with Gasteiger partial charge in [0.1, 0.15) is 0 Å². The van der Waals surface area contributed by atoms with E-state index in [2.05, 4.69) is 15.4 Å². The summed E-state index contributed by atoms with van der Waals surface area (Å²) in [6.07, 6.45) is -1.59. The maximum atomic E-state index is 11.6. The van der Waals surface area contributed by atoms with Crippen LogP contribution in [0.25, 0.3) is 0 Å². The molecule has 1 heterocycles. The van der Waals surface area contributed by atoms with Crippen molar-refractivity contribution in [3.05, 3.63) is 0 Å². The number of carbonyl (C=O) groups is 1. The summed E-state index contributed by atoms with van der Waals surface area (Å²) in [6, 6.07) is -0.202. The predicted octanol–water partition coefficient (Wildman–Crippen LogP) is 1.59. The molecule has 108 valence electrons. The minimum absolute atomic E-state index is 0. The SMILES string of the molecule is Cl.O=C(NCCCOC(F)(F)F)C1CCCCN1. The minimum atomic E-state index is -4.59. The Labute approximate surface area is 110 Å². The Balaban J connectivity index is 0.00000289. The van der Waals surface area contributed by atoms with E-state index in [0.717, 1.165) is 25.8 Å². The number of hydrogen-bond donors (Lipinski definition) is 2. The maximum Gasteiger partial charge on any atom is 0.522 e. The van der Waals surface area contributed by atoms with Crippen molar-refractivity contribution in [1.82, 2.24) is 10.6 Å². The van der Waals surface area contributed by atoms with E-state index in [9.17, 15) is 18.0 Å². The molecule has 2 N–H and O–H groups in total. The first-order valence-electron chi connectivity index (χ1n) is 5.71. The van der Waals surface area contributed by atoms with E-state index in [1.165, 1.54) is 0 Å². The van der Waals surface area contributed by atoms with Crippen molar-refractivity contribution in [3.8, 4) is 0 Å². The first-order chi connectivity index (χ1) is 7.99. The lowest BCUT2D eigenvalue weighted by atomic mass is 10.0. The first kappa shape index (κ1) is 17.5. The van der Waals surface area contributed by atoms with E-state index in [0.29, 0.717) is 0 Å². The molecule has 1 saturated heterocycles. The average molecular weight is 291 g/mol. The Morgan fingerprint density at radius 2 is 2.11 bits per heavy atom. The van der Waals surface area contributed by atoms with E-state index in [1.807, 2.05) is 0 Å². The number of alkyl halides is 3. The van der Waals surface area contributed by atoms with Crippen molar-refractivity contribution >= 4 is 18.3 Å². The van der Waals surface area contributed by atoms with Crippen molar-refractivity contribution in [2.24, 2.45) is 0 Å². The van der Waals surface area contributed by atoms with Gasteiger partial charge in [-0.05, 0) is 25.8 Å². The summed E-state index contributed by atoms with van der Waals surface area (Å²) >= 11 is 0. The number of carbonyl (C=O) groups excluding carboxylic acids is 1. The summed E-state index contributed by atoms with van der Waals surface area (Å²) in [5, 5.41) is 5.65. The number of piperidine rings is 1. The number of hydrogen-bond acceptors (Lipinski definition) is 3. The standard InChI is InChI=1S/C10H17F3N2O2.ClH/c11-10(12,13)17-7-3-6-15-9(16)8-4-1-2-5-14-8;/h8,14H,1-7H2,(H,15,16);1H. The lowest BCUT2D eigenvalue weighted by Gasteiger charge is -2.22. The van der Waals surface area contributed by atoms with Crippen LogP contribution in [0.4, 0.5) is 13.2 Å². The summed E-state index contributed by atoms with van der Waals surface area (Å²) in [4.78, 5) is 11.5. The zero-order valence-electron chi connectivity index (χ0n) is 9.89. The van der Waals surface area contributed by atoms with Gasteiger partial charge in [0.25, 0.3) is 0 Å². The van der Waals surface area contributed by atoms with Gasteiger partial charge in [-0.25, -0.2) is 0 Å². The highest BCUT2D eigenvalue weighted by molar-refractivity contribution is 5.85. The second kappa shape index (κ2) is 8.55. The van der Waals surface area contributed by atoms with Crippen LogP contribution in [0.2, 0.25) is 0 Å². The quantitative estimate of drug-likeness (QED) is 0.756. The van der Waals surface area contributed by atoms with Gasteiger partial charge in [0, 0.05) is 6.54 Å². The second-order valence-electron chi connectivity index (χ2n) is 3.94. The molecular formula is C10H18ClF3N2O2. The topological polar surface area (TPSA) is 50.4 Å². The molecule has 4 nitrogen and oxygen atoms in total. The fourth-order valence-corrected chi connectivity index (χ4v) is 1.67. The molecule has 0 saturated carbocycles. The Morgan fingerprint density at radius 1 is 1.39 bits per heavy atom. The zero-order valence-corrected chi connectivity index (χ0v) is 10.7. The van der Waals surface area contributed by atoms with Crippen molar-refractivity contribution < 1.29 is 22.7 Å². The smallest absolute Gasteiger partial charge is 0.355 e. The third kappa shape index (κ3) is 7.73. The highest BCUT2D eigenvalue weighted by Crippen LogP contribution is 2.15. The lowest BCUT2D eigenvalue weighted by Crippen LogP contribution is -2.46. The third-order valence-electron chi connectivity index (χ3n) is 2.51. The molecule has 1 unspecified atom stereocenters. The summed E-state index contributed by atoms with van der Waals surface area (Å²) in [5.74, 6) is -0.142. The van der Waals surface area contributed by atoms with Crippen LogP contribution in [0, 0.1) is 0 Å². The van der Waals surface area contributed by atoms with E-state index in [1.54, 1.807) is 0 Å². The van der Waals surface area contributed by atoms with E-state index in [-0.39, 0.29) is 37.3 Å². The number of halogens is 4. The molecule has 0 aromatic carbocycles. The zero-order chi connectivity index (χ0) is 12.7.